The van der Waals surface area contributed by atoms with Gasteiger partial charge in [0, 0.05) is 5.57 Å². The van der Waals surface area contributed by atoms with Gasteiger partial charge < -0.3 is 4.74 Å². The van der Waals surface area contributed by atoms with Crippen LogP contribution >= 0.6 is 0 Å². The number of ether oxygens (including phenoxy) is 1. The topological polar surface area (TPSA) is 26.3 Å². The van der Waals surface area contributed by atoms with E-state index in [-0.39, 0.29) is 5.97 Å². The number of hydrogen-bond acceptors (Lipinski definition) is 2. The number of carbonyl (C=O) groups excluding carboxylic acids is 1. The van der Waals surface area contributed by atoms with E-state index in [1.807, 2.05) is 0 Å². The van der Waals surface area contributed by atoms with E-state index in [9.17, 15) is 4.79 Å². The average molecular weight is 226 g/mol. The van der Waals surface area contributed by atoms with Gasteiger partial charge >= 0.3 is 5.97 Å². The summed E-state index contributed by atoms with van der Waals surface area (Å²) in [5, 5.41) is 0. The first-order valence-electron chi connectivity index (χ1n) is 6.11. The first-order valence-corrected chi connectivity index (χ1v) is 6.11. The van der Waals surface area contributed by atoms with Gasteiger partial charge in [0.15, 0.2) is 0 Å². The molecule has 1 unspecified atom stereocenters. The minimum Gasteiger partial charge on any atom is -0.462 e. The molecule has 0 aromatic rings. The number of esters is 1. The van der Waals surface area contributed by atoms with E-state index in [1.165, 1.54) is 6.42 Å². The molecule has 2 heteroatoms. The molecule has 0 saturated heterocycles. The van der Waals surface area contributed by atoms with Crippen LogP contribution in [0.1, 0.15) is 53.9 Å². The Bertz CT molecular complexity index is 236. The molecule has 0 aliphatic carbocycles. The zero-order chi connectivity index (χ0) is 12.8. The maximum absolute atomic E-state index is 11.1. The molecular formula is C14H26O2. The van der Waals surface area contributed by atoms with Crippen LogP contribution < -0.4 is 0 Å². The minimum atomic E-state index is -0.274. The lowest BCUT2D eigenvalue weighted by Gasteiger charge is -2.29. The zero-order valence-electron chi connectivity index (χ0n) is 11.4. The van der Waals surface area contributed by atoms with Gasteiger partial charge in [-0.25, -0.2) is 4.79 Å². The van der Waals surface area contributed by atoms with E-state index < -0.39 is 0 Å². The fourth-order valence-corrected chi connectivity index (χ4v) is 1.87. The molecule has 0 N–H and O–H groups in total. The lowest BCUT2D eigenvalue weighted by Crippen LogP contribution is -2.20. The molecule has 0 amide bonds. The van der Waals surface area contributed by atoms with Crippen molar-refractivity contribution >= 4 is 5.97 Å². The quantitative estimate of drug-likeness (QED) is 0.389. The van der Waals surface area contributed by atoms with Crippen molar-refractivity contribution in [3.63, 3.8) is 0 Å². The van der Waals surface area contributed by atoms with E-state index in [2.05, 4.69) is 34.3 Å². The fourth-order valence-electron chi connectivity index (χ4n) is 1.87. The molecule has 0 aliphatic heterocycles. The molecule has 0 radical (unpaired) electrons. The molecule has 2 nitrogen and oxygen atoms in total. The maximum Gasteiger partial charge on any atom is 0.333 e. The van der Waals surface area contributed by atoms with Crippen LogP contribution in [0.25, 0.3) is 0 Å². The predicted octanol–water partition coefficient (Wildman–Crippen LogP) is 3.96. The molecule has 1 atom stereocenters. The molecule has 0 saturated carbocycles. The Kier molecular flexibility index (Phi) is 6.39. The molecule has 16 heavy (non-hydrogen) atoms. The lowest BCUT2D eigenvalue weighted by molar-refractivity contribution is -0.139. The summed E-state index contributed by atoms with van der Waals surface area (Å²) in [6.45, 7) is 14.7. The van der Waals surface area contributed by atoms with Gasteiger partial charge in [0.1, 0.15) is 0 Å². The van der Waals surface area contributed by atoms with Crippen molar-refractivity contribution in [2.24, 2.45) is 11.3 Å². The fraction of sp³-hybridized carbons (Fsp3) is 0.786. The van der Waals surface area contributed by atoms with Crippen LogP contribution in [0, 0.1) is 11.3 Å². The maximum atomic E-state index is 11.1. The van der Waals surface area contributed by atoms with Crippen molar-refractivity contribution in [2.45, 2.75) is 53.9 Å². The molecule has 0 spiro atoms. The largest absolute Gasteiger partial charge is 0.462 e. The molecule has 0 heterocycles. The third-order valence-electron chi connectivity index (χ3n) is 3.00. The number of rotatable bonds is 6. The minimum absolute atomic E-state index is 0.274. The first kappa shape index (κ1) is 15.2. The van der Waals surface area contributed by atoms with E-state index in [0.717, 1.165) is 12.8 Å². The van der Waals surface area contributed by atoms with Crippen molar-refractivity contribution in [2.75, 3.05) is 6.61 Å². The zero-order valence-corrected chi connectivity index (χ0v) is 11.4. The summed E-state index contributed by atoms with van der Waals surface area (Å²) in [7, 11) is 0. The Morgan fingerprint density at radius 2 is 1.94 bits per heavy atom. The summed E-state index contributed by atoms with van der Waals surface area (Å²) < 4.78 is 5.07. The van der Waals surface area contributed by atoms with Crippen LogP contribution in [0.5, 0.6) is 0 Å². The third-order valence-corrected chi connectivity index (χ3v) is 3.00. The van der Waals surface area contributed by atoms with E-state index in [0.29, 0.717) is 23.5 Å². The summed E-state index contributed by atoms with van der Waals surface area (Å²) in [6, 6.07) is 0. The molecule has 0 fully saturated rings. The van der Waals surface area contributed by atoms with E-state index in [1.54, 1.807) is 6.92 Å². The summed E-state index contributed by atoms with van der Waals surface area (Å²) in [6.07, 6.45) is 3.23. The van der Waals surface area contributed by atoms with Crippen LogP contribution in [0.4, 0.5) is 0 Å². The summed E-state index contributed by atoms with van der Waals surface area (Å²) in [5.41, 5.74) is 0.815. The van der Waals surface area contributed by atoms with Gasteiger partial charge in [0.2, 0.25) is 0 Å². The highest BCUT2D eigenvalue weighted by Gasteiger charge is 2.22. The van der Waals surface area contributed by atoms with Gasteiger partial charge in [-0.1, -0.05) is 40.7 Å². The van der Waals surface area contributed by atoms with Gasteiger partial charge in [-0.15, -0.1) is 0 Å². The van der Waals surface area contributed by atoms with Crippen LogP contribution in [0.3, 0.4) is 0 Å². The molecule has 0 aliphatic rings. The van der Waals surface area contributed by atoms with Crippen molar-refractivity contribution < 1.29 is 9.53 Å². The summed E-state index contributed by atoms with van der Waals surface area (Å²) in [5.74, 6) is 0.417. The van der Waals surface area contributed by atoms with Gasteiger partial charge in [0.25, 0.3) is 0 Å². The Morgan fingerprint density at radius 3 is 2.31 bits per heavy atom. The highest BCUT2D eigenvalue weighted by atomic mass is 16.5. The van der Waals surface area contributed by atoms with E-state index >= 15 is 0 Å². The van der Waals surface area contributed by atoms with Crippen LogP contribution in [-0.2, 0) is 9.53 Å². The normalized spacial score (nSPS) is 13.3. The van der Waals surface area contributed by atoms with Gasteiger partial charge in [-0.3, -0.25) is 0 Å². The van der Waals surface area contributed by atoms with Crippen LogP contribution in [0.15, 0.2) is 12.2 Å². The molecule has 0 rings (SSSR count). The molecule has 94 valence electrons. The molecule has 0 aromatic heterocycles. The monoisotopic (exact) mass is 226 g/mol. The van der Waals surface area contributed by atoms with E-state index in [4.69, 9.17) is 4.74 Å². The van der Waals surface area contributed by atoms with Crippen LogP contribution in [-0.4, -0.2) is 12.6 Å². The highest BCUT2D eigenvalue weighted by molar-refractivity contribution is 5.86. The lowest BCUT2D eigenvalue weighted by atomic mass is 9.77. The van der Waals surface area contributed by atoms with Gasteiger partial charge in [-0.05, 0) is 31.1 Å². The second-order valence-corrected chi connectivity index (χ2v) is 5.53. The summed E-state index contributed by atoms with van der Waals surface area (Å²) >= 11 is 0. The van der Waals surface area contributed by atoms with Crippen LogP contribution in [0.2, 0.25) is 0 Å². The Labute approximate surface area is 100 Å². The Balaban J connectivity index is 3.81. The van der Waals surface area contributed by atoms with Gasteiger partial charge in [-0.2, -0.15) is 0 Å². The van der Waals surface area contributed by atoms with Crippen molar-refractivity contribution in [3.8, 4) is 0 Å². The number of hydrogen-bond donors (Lipinski definition) is 0. The third kappa shape index (κ3) is 5.94. The first-order chi connectivity index (χ1) is 7.29. The molecule has 0 bridgehead atoms. The average Bonchev–Trinajstić information content (AvgIpc) is 2.15. The molecule has 0 aromatic carbocycles. The predicted molar refractivity (Wildman–Crippen MR) is 68.2 cm³/mol. The Morgan fingerprint density at radius 1 is 1.38 bits per heavy atom. The smallest absolute Gasteiger partial charge is 0.333 e. The van der Waals surface area contributed by atoms with Gasteiger partial charge in [0.05, 0.1) is 6.61 Å². The number of carbonyl (C=O) groups is 1. The SMILES string of the molecule is C=C(C)C(=O)OCCCC(CC)C(C)(C)C. The second kappa shape index (κ2) is 6.72. The Hall–Kier alpha value is -0.790. The van der Waals surface area contributed by atoms with Crippen molar-refractivity contribution in [1.82, 2.24) is 0 Å². The van der Waals surface area contributed by atoms with Crippen molar-refractivity contribution in [1.29, 1.82) is 0 Å². The second-order valence-electron chi connectivity index (χ2n) is 5.53. The summed E-state index contributed by atoms with van der Waals surface area (Å²) in [4.78, 5) is 11.1. The standard InChI is InChI=1S/C14H26O2/c1-7-12(14(4,5)6)9-8-10-16-13(15)11(2)3/h12H,2,7-10H2,1,3-6H3. The van der Waals surface area contributed by atoms with Crippen molar-refractivity contribution in [3.05, 3.63) is 12.2 Å². The highest BCUT2D eigenvalue weighted by Crippen LogP contribution is 2.32. The molecular weight excluding hydrogens is 200 g/mol.